The van der Waals surface area contributed by atoms with E-state index in [1.165, 1.54) is 0 Å². The van der Waals surface area contributed by atoms with Gasteiger partial charge in [-0.1, -0.05) is 0 Å². The average Bonchev–Trinajstić information content (AvgIpc) is 2.96. The number of aromatic amines is 1. The average molecular weight is 287 g/mol. The van der Waals surface area contributed by atoms with Crippen molar-refractivity contribution in [3.05, 3.63) is 18.6 Å². The maximum Gasteiger partial charge on any atom is 0.229 e. The number of hydrogen-bond donors (Lipinski definition) is 1. The van der Waals surface area contributed by atoms with E-state index < -0.39 is 0 Å². The van der Waals surface area contributed by atoms with Gasteiger partial charge >= 0.3 is 0 Å². The molecule has 2 fully saturated rings. The maximum absolute atomic E-state index is 12.4. The molecular formula is C14H17N5O2. The number of amides is 1. The summed E-state index contributed by atoms with van der Waals surface area (Å²) in [5.41, 5.74) is 0.836. The van der Waals surface area contributed by atoms with Crippen LogP contribution in [-0.2, 0) is 9.53 Å². The summed E-state index contributed by atoms with van der Waals surface area (Å²) in [7, 11) is 0. The number of H-pyrrole nitrogens is 1. The normalized spacial score (nSPS) is 19.8. The first-order valence-electron chi connectivity index (χ1n) is 7.22. The smallest absolute Gasteiger partial charge is 0.229 e. The quantitative estimate of drug-likeness (QED) is 0.857. The van der Waals surface area contributed by atoms with Gasteiger partial charge in [-0.15, -0.1) is 0 Å². The van der Waals surface area contributed by atoms with Crippen molar-refractivity contribution < 1.29 is 9.53 Å². The van der Waals surface area contributed by atoms with Crippen LogP contribution < -0.4 is 4.90 Å². The van der Waals surface area contributed by atoms with Gasteiger partial charge in [-0.05, 0) is 6.07 Å². The molecule has 110 valence electrons. The van der Waals surface area contributed by atoms with E-state index >= 15 is 0 Å². The lowest BCUT2D eigenvalue weighted by atomic mass is 9.98. The number of nitrogens with zero attached hydrogens (tertiary/aromatic N) is 4. The molecule has 1 N–H and O–H groups in total. The van der Waals surface area contributed by atoms with Gasteiger partial charge in [0.15, 0.2) is 0 Å². The predicted molar refractivity (Wildman–Crippen MR) is 77.0 cm³/mol. The molecule has 4 rings (SSSR count). The molecule has 0 unspecified atom stereocenters. The zero-order valence-corrected chi connectivity index (χ0v) is 11.7. The molecule has 7 nitrogen and oxygen atoms in total. The fourth-order valence-corrected chi connectivity index (χ4v) is 2.96. The van der Waals surface area contributed by atoms with Crippen LogP contribution >= 0.6 is 0 Å². The molecule has 2 aromatic heterocycles. The second kappa shape index (κ2) is 5.00. The molecule has 0 radical (unpaired) electrons. The highest BCUT2D eigenvalue weighted by atomic mass is 16.5. The van der Waals surface area contributed by atoms with Gasteiger partial charge in [0.05, 0.1) is 24.5 Å². The van der Waals surface area contributed by atoms with Gasteiger partial charge in [-0.25, -0.2) is 9.97 Å². The number of nitrogens with one attached hydrogen (secondary N) is 1. The molecular weight excluding hydrogens is 270 g/mol. The van der Waals surface area contributed by atoms with Crippen LogP contribution in [0, 0.1) is 5.92 Å². The number of carbonyl (C=O) groups excluding carboxylic acids is 1. The summed E-state index contributed by atoms with van der Waals surface area (Å²) in [6.45, 7) is 4.19. The Morgan fingerprint density at radius 3 is 2.90 bits per heavy atom. The molecule has 2 aliphatic heterocycles. The summed E-state index contributed by atoms with van der Waals surface area (Å²) < 4.78 is 5.29. The van der Waals surface area contributed by atoms with Crippen molar-refractivity contribution >= 4 is 22.8 Å². The Labute approximate surface area is 121 Å². The van der Waals surface area contributed by atoms with Gasteiger partial charge in [0.2, 0.25) is 5.91 Å². The van der Waals surface area contributed by atoms with Gasteiger partial charge in [-0.3, -0.25) is 4.79 Å². The number of ether oxygens (including phenoxy) is 1. The van der Waals surface area contributed by atoms with Gasteiger partial charge in [0.25, 0.3) is 0 Å². The Bertz CT molecular complexity index is 658. The van der Waals surface area contributed by atoms with Crippen molar-refractivity contribution in [3.8, 4) is 0 Å². The van der Waals surface area contributed by atoms with Crippen LogP contribution in [0.3, 0.4) is 0 Å². The number of anilines is 1. The van der Waals surface area contributed by atoms with Crippen molar-refractivity contribution in [1.29, 1.82) is 0 Å². The van der Waals surface area contributed by atoms with E-state index in [1.54, 1.807) is 6.33 Å². The second-order valence-corrected chi connectivity index (χ2v) is 5.48. The number of hydrogen-bond acceptors (Lipinski definition) is 5. The predicted octanol–water partition coefficient (Wildman–Crippen LogP) is 0.253. The third-order valence-corrected chi connectivity index (χ3v) is 4.19. The molecule has 0 saturated carbocycles. The van der Waals surface area contributed by atoms with Crippen LogP contribution in [0.25, 0.3) is 11.0 Å². The third kappa shape index (κ3) is 2.13. The Kier molecular flexibility index (Phi) is 2.99. The lowest BCUT2D eigenvalue weighted by molar-refractivity contribution is -0.140. The Morgan fingerprint density at radius 2 is 2.10 bits per heavy atom. The fourth-order valence-electron chi connectivity index (χ4n) is 2.96. The number of rotatable bonds is 2. The fraction of sp³-hybridized carbons (Fsp3) is 0.500. The molecule has 1 amide bonds. The van der Waals surface area contributed by atoms with Gasteiger partial charge in [0, 0.05) is 32.4 Å². The highest BCUT2D eigenvalue weighted by Crippen LogP contribution is 2.29. The molecule has 2 aromatic rings. The van der Waals surface area contributed by atoms with Crippen LogP contribution in [0.4, 0.5) is 5.82 Å². The van der Waals surface area contributed by atoms with Crippen molar-refractivity contribution in [2.75, 3.05) is 44.3 Å². The Balaban J connectivity index is 1.45. The Morgan fingerprint density at radius 1 is 1.29 bits per heavy atom. The minimum absolute atomic E-state index is 0.0760. The summed E-state index contributed by atoms with van der Waals surface area (Å²) in [6.07, 6.45) is 3.42. The standard InChI is InChI=1S/C14H17N5O2/c20-14(18-3-5-21-6-4-18)10-7-19(8-10)13-11-1-2-15-12(11)16-9-17-13/h1-2,9-10H,3-8H2,(H,15,16,17). The number of aromatic nitrogens is 3. The van der Waals surface area contributed by atoms with Crippen molar-refractivity contribution in [3.63, 3.8) is 0 Å². The lowest BCUT2D eigenvalue weighted by Gasteiger charge is -2.42. The van der Waals surface area contributed by atoms with E-state index in [9.17, 15) is 4.79 Å². The number of carbonyl (C=O) groups is 1. The molecule has 0 bridgehead atoms. The van der Waals surface area contributed by atoms with Crippen molar-refractivity contribution in [1.82, 2.24) is 19.9 Å². The summed E-state index contributed by atoms with van der Waals surface area (Å²) >= 11 is 0. The van der Waals surface area contributed by atoms with Gasteiger partial charge in [0.1, 0.15) is 17.8 Å². The van der Waals surface area contributed by atoms with E-state index in [4.69, 9.17) is 4.74 Å². The summed E-state index contributed by atoms with van der Waals surface area (Å²) in [5, 5.41) is 1.01. The van der Waals surface area contributed by atoms with E-state index in [1.807, 2.05) is 17.2 Å². The van der Waals surface area contributed by atoms with Crippen LogP contribution in [0.1, 0.15) is 0 Å². The first-order valence-corrected chi connectivity index (χ1v) is 7.22. The molecule has 0 spiro atoms. The monoisotopic (exact) mass is 287 g/mol. The molecule has 4 heterocycles. The van der Waals surface area contributed by atoms with Crippen molar-refractivity contribution in [2.45, 2.75) is 0 Å². The van der Waals surface area contributed by atoms with Crippen molar-refractivity contribution in [2.24, 2.45) is 5.92 Å². The topological polar surface area (TPSA) is 74.4 Å². The van der Waals surface area contributed by atoms with Crippen LogP contribution in [0.5, 0.6) is 0 Å². The molecule has 7 heteroatoms. The molecule has 21 heavy (non-hydrogen) atoms. The number of fused-ring (bicyclic) bond motifs is 1. The highest BCUT2D eigenvalue weighted by molar-refractivity contribution is 5.89. The zero-order valence-electron chi connectivity index (χ0n) is 11.7. The molecule has 2 aliphatic rings. The Hall–Kier alpha value is -2.15. The van der Waals surface area contributed by atoms with Crippen LogP contribution in [-0.4, -0.2) is 65.2 Å². The molecule has 0 atom stereocenters. The van der Waals surface area contributed by atoms with Gasteiger partial charge in [-0.2, -0.15) is 0 Å². The highest BCUT2D eigenvalue weighted by Gasteiger charge is 2.37. The van der Waals surface area contributed by atoms with Crippen LogP contribution in [0.2, 0.25) is 0 Å². The van der Waals surface area contributed by atoms with E-state index in [-0.39, 0.29) is 11.8 Å². The van der Waals surface area contributed by atoms with Crippen LogP contribution in [0.15, 0.2) is 18.6 Å². The SMILES string of the molecule is O=C(C1CN(c2ncnc3[nH]ccc23)C1)N1CCOCC1. The van der Waals surface area contributed by atoms with Gasteiger partial charge < -0.3 is 19.5 Å². The number of morpholine rings is 1. The summed E-state index contributed by atoms with van der Waals surface area (Å²) in [6, 6.07) is 1.97. The van der Waals surface area contributed by atoms with E-state index in [0.29, 0.717) is 26.3 Å². The molecule has 0 aromatic carbocycles. The third-order valence-electron chi connectivity index (χ3n) is 4.19. The van der Waals surface area contributed by atoms with E-state index in [2.05, 4.69) is 19.9 Å². The minimum atomic E-state index is 0.0760. The molecule has 0 aliphatic carbocycles. The first kappa shape index (κ1) is 12.6. The second-order valence-electron chi connectivity index (χ2n) is 5.48. The first-order chi connectivity index (χ1) is 10.3. The summed E-state index contributed by atoms with van der Waals surface area (Å²) in [4.78, 5) is 28.1. The zero-order chi connectivity index (χ0) is 14.2. The largest absolute Gasteiger partial charge is 0.378 e. The lowest BCUT2D eigenvalue weighted by Crippen LogP contribution is -2.56. The molecule has 2 saturated heterocycles. The van der Waals surface area contributed by atoms with E-state index in [0.717, 1.165) is 29.9 Å². The minimum Gasteiger partial charge on any atom is -0.378 e. The maximum atomic E-state index is 12.4. The summed E-state index contributed by atoms with van der Waals surface area (Å²) in [5.74, 6) is 1.23.